The van der Waals surface area contributed by atoms with Gasteiger partial charge in [-0.15, -0.1) is 11.3 Å². The summed E-state index contributed by atoms with van der Waals surface area (Å²) in [4.78, 5) is 26.3. The van der Waals surface area contributed by atoms with Crippen LogP contribution < -0.4 is 5.32 Å². The van der Waals surface area contributed by atoms with Crippen LogP contribution in [-0.4, -0.2) is 53.6 Å². The van der Waals surface area contributed by atoms with Gasteiger partial charge >= 0.3 is 0 Å². The van der Waals surface area contributed by atoms with E-state index in [9.17, 15) is 4.79 Å². The van der Waals surface area contributed by atoms with Crippen molar-refractivity contribution in [2.45, 2.75) is 33.7 Å². The third kappa shape index (κ3) is 4.38. The Balaban J connectivity index is 1.62. The normalized spacial score (nSPS) is 16.0. The molecule has 6 nitrogen and oxygen atoms in total. The van der Waals surface area contributed by atoms with Crippen molar-refractivity contribution >= 4 is 27.5 Å². The first-order valence-electron chi connectivity index (χ1n) is 10.3. The van der Waals surface area contributed by atoms with Gasteiger partial charge < -0.3 is 10.1 Å². The maximum Gasteiger partial charge on any atom is 0.262 e. The van der Waals surface area contributed by atoms with E-state index in [1.54, 1.807) is 0 Å². The summed E-state index contributed by atoms with van der Waals surface area (Å²) in [5, 5.41) is 4.29. The van der Waals surface area contributed by atoms with Crippen LogP contribution in [0.1, 0.15) is 43.9 Å². The highest BCUT2D eigenvalue weighted by Crippen LogP contribution is 2.31. The van der Waals surface area contributed by atoms with Crippen molar-refractivity contribution in [1.82, 2.24) is 20.2 Å². The number of fused-ring (bicyclic) bond motifs is 1. The van der Waals surface area contributed by atoms with E-state index in [0.717, 1.165) is 65.7 Å². The molecule has 1 aliphatic rings. The van der Waals surface area contributed by atoms with E-state index in [-0.39, 0.29) is 11.9 Å². The van der Waals surface area contributed by atoms with Gasteiger partial charge in [0, 0.05) is 30.7 Å². The zero-order chi connectivity index (χ0) is 21.3. The van der Waals surface area contributed by atoms with Crippen LogP contribution in [0.3, 0.4) is 0 Å². The average Bonchev–Trinajstić information content (AvgIpc) is 3.05. The van der Waals surface area contributed by atoms with Gasteiger partial charge in [-0.3, -0.25) is 9.69 Å². The molecule has 30 heavy (non-hydrogen) atoms. The summed E-state index contributed by atoms with van der Waals surface area (Å²) in [5.74, 6) is 0.685. The number of carbonyl (C=O) groups is 1. The largest absolute Gasteiger partial charge is 0.379 e. The number of hydrogen-bond donors (Lipinski definition) is 1. The predicted molar refractivity (Wildman–Crippen MR) is 120 cm³/mol. The van der Waals surface area contributed by atoms with Crippen molar-refractivity contribution in [3.63, 3.8) is 0 Å². The summed E-state index contributed by atoms with van der Waals surface area (Å²) in [6.07, 6.45) is 0. The lowest BCUT2D eigenvalue weighted by molar-refractivity contribution is 0.0332. The molecule has 1 amide bonds. The molecule has 7 heteroatoms. The van der Waals surface area contributed by atoms with Crippen LogP contribution in [0.5, 0.6) is 0 Å². The topological polar surface area (TPSA) is 67.3 Å². The summed E-state index contributed by atoms with van der Waals surface area (Å²) in [5.41, 5.74) is 4.21. The van der Waals surface area contributed by atoms with E-state index in [1.807, 2.05) is 20.8 Å². The van der Waals surface area contributed by atoms with Gasteiger partial charge in [0.15, 0.2) is 0 Å². The van der Waals surface area contributed by atoms with Crippen molar-refractivity contribution in [1.29, 1.82) is 0 Å². The Labute approximate surface area is 181 Å². The molecule has 2 aromatic heterocycles. The zero-order valence-corrected chi connectivity index (χ0v) is 18.8. The summed E-state index contributed by atoms with van der Waals surface area (Å²) in [7, 11) is 0. The molecule has 3 aromatic rings. The molecule has 0 saturated carbocycles. The van der Waals surface area contributed by atoms with Crippen LogP contribution in [0.25, 0.3) is 10.2 Å². The van der Waals surface area contributed by atoms with Gasteiger partial charge in [0.25, 0.3) is 5.91 Å². The molecule has 4 rings (SSSR count). The van der Waals surface area contributed by atoms with E-state index in [0.29, 0.717) is 4.88 Å². The molecule has 0 aliphatic carbocycles. The van der Waals surface area contributed by atoms with Crippen LogP contribution in [-0.2, 0) is 4.74 Å². The first-order chi connectivity index (χ1) is 14.4. The molecule has 1 atom stereocenters. The second-order valence-electron chi connectivity index (χ2n) is 7.94. The van der Waals surface area contributed by atoms with Gasteiger partial charge in [-0.1, -0.05) is 29.8 Å². The lowest BCUT2D eigenvalue weighted by Gasteiger charge is -2.31. The first kappa shape index (κ1) is 20.9. The molecule has 1 fully saturated rings. The Morgan fingerprint density at radius 1 is 1.13 bits per heavy atom. The summed E-state index contributed by atoms with van der Waals surface area (Å²) in [6, 6.07) is 8.32. The van der Waals surface area contributed by atoms with Crippen molar-refractivity contribution in [3.8, 4) is 0 Å². The lowest BCUT2D eigenvalue weighted by Crippen LogP contribution is -2.43. The highest BCUT2D eigenvalue weighted by molar-refractivity contribution is 7.20. The standard InChI is InChI=1S/C23H28N4O2S/c1-14-5-7-18(8-6-14)19(13-27-9-11-29-12-10-27)26-22(28)21-15(2)20-16(3)24-17(4)25-23(20)30-21/h5-8,19H,9-13H2,1-4H3,(H,26,28). The number of rotatable bonds is 5. The van der Waals surface area contributed by atoms with Crippen molar-refractivity contribution in [3.05, 3.63) is 57.4 Å². The fraction of sp³-hybridized carbons (Fsp3) is 0.435. The molecule has 1 aliphatic heterocycles. The summed E-state index contributed by atoms with van der Waals surface area (Å²) in [6.45, 7) is 11.9. The fourth-order valence-corrected chi connectivity index (χ4v) is 5.17. The van der Waals surface area contributed by atoms with Crippen molar-refractivity contribution < 1.29 is 9.53 Å². The Hall–Kier alpha value is -2.35. The molecule has 1 saturated heterocycles. The van der Waals surface area contributed by atoms with Crippen LogP contribution in [0.2, 0.25) is 0 Å². The van der Waals surface area contributed by atoms with Gasteiger partial charge in [-0.25, -0.2) is 9.97 Å². The Bertz CT molecular complexity index is 1060. The smallest absolute Gasteiger partial charge is 0.262 e. The van der Waals surface area contributed by atoms with Gasteiger partial charge in [0.05, 0.1) is 24.1 Å². The number of amides is 1. The van der Waals surface area contributed by atoms with Crippen molar-refractivity contribution in [2.24, 2.45) is 0 Å². The van der Waals surface area contributed by atoms with Gasteiger partial charge in [-0.05, 0) is 38.8 Å². The Morgan fingerprint density at radius 2 is 1.83 bits per heavy atom. The second kappa shape index (κ2) is 8.79. The molecule has 0 bridgehead atoms. The summed E-state index contributed by atoms with van der Waals surface area (Å²) < 4.78 is 5.48. The molecular weight excluding hydrogens is 396 g/mol. The van der Waals surface area contributed by atoms with E-state index >= 15 is 0 Å². The van der Waals surface area contributed by atoms with Crippen molar-refractivity contribution in [2.75, 3.05) is 32.8 Å². The molecule has 1 N–H and O–H groups in total. The average molecular weight is 425 g/mol. The van der Waals surface area contributed by atoms with E-state index in [1.165, 1.54) is 16.9 Å². The molecule has 158 valence electrons. The highest BCUT2D eigenvalue weighted by Gasteiger charge is 2.24. The number of hydrogen-bond acceptors (Lipinski definition) is 6. The molecule has 0 radical (unpaired) electrons. The number of thiophene rings is 1. The highest BCUT2D eigenvalue weighted by atomic mass is 32.1. The number of nitrogens with zero attached hydrogens (tertiary/aromatic N) is 3. The Morgan fingerprint density at radius 3 is 2.53 bits per heavy atom. The fourth-order valence-electron chi connectivity index (χ4n) is 3.99. The lowest BCUT2D eigenvalue weighted by atomic mass is 10.0. The minimum atomic E-state index is -0.0882. The zero-order valence-electron chi connectivity index (χ0n) is 18.0. The van der Waals surface area contributed by atoms with Crippen LogP contribution in [0.4, 0.5) is 0 Å². The maximum absolute atomic E-state index is 13.3. The van der Waals surface area contributed by atoms with Gasteiger partial charge in [-0.2, -0.15) is 0 Å². The Kier molecular flexibility index (Phi) is 6.13. The van der Waals surface area contributed by atoms with Gasteiger partial charge in [0.1, 0.15) is 10.7 Å². The monoisotopic (exact) mass is 424 g/mol. The SMILES string of the molecule is Cc1ccc(C(CN2CCOCC2)NC(=O)c2sc3nc(C)nc(C)c3c2C)cc1. The number of aryl methyl sites for hydroxylation is 4. The van der Waals surface area contributed by atoms with Crippen LogP contribution in [0, 0.1) is 27.7 Å². The van der Waals surface area contributed by atoms with E-state index < -0.39 is 0 Å². The first-order valence-corrected chi connectivity index (χ1v) is 11.2. The summed E-state index contributed by atoms with van der Waals surface area (Å²) >= 11 is 1.45. The number of morpholine rings is 1. The van der Waals surface area contributed by atoms with Crippen LogP contribution in [0.15, 0.2) is 24.3 Å². The number of carbonyl (C=O) groups excluding carboxylic acids is 1. The third-order valence-corrected chi connectivity index (χ3v) is 6.80. The maximum atomic E-state index is 13.3. The molecular formula is C23H28N4O2S. The predicted octanol–water partition coefficient (Wildman–Crippen LogP) is 3.73. The second-order valence-corrected chi connectivity index (χ2v) is 8.94. The molecule has 0 spiro atoms. The molecule has 1 unspecified atom stereocenters. The number of aromatic nitrogens is 2. The minimum absolute atomic E-state index is 0.0496. The number of benzene rings is 1. The molecule has 3 heterocycles. The quantitative estimate of drug-likeness (QED) is 0.676. The minimum Gasteiger partial charge on any atom is -0.379 e. The van der Waals surface area contributed by atoms with E-state index in [2.05, 4.69) is 51.4 Å². The molecule has 1 aromatic carbocycles. The van der Waals surface area contributed by atoms with Gasteiger partial charge in [0.2, 0.25) is 0 Å². The number of ether oxygens (including phenoxy) is 1. The van der Waals surface area contributed by atoms with E-state index in [4.69, 9.17) is 4.74 Å². The third-order valence-electron chi connectivity index (χ3n) is 5.62. The van der Waals surface area contributed by atoms with Crippen LogP contribution >= 0.6 is 11.3 Å². The number of nitrogens with one attached hydrogen (secondary N) is 1.